The van der Waals surface area contributed by atoms with E-state index in [0.29, 0.717) is 12.2 Å². The summed E-state index contributed by atoms with van der Waals surface area (Å²) in [4.78, 5) is 0. The zero-order chi connectivity index (χ0) is 18.4. The first-order chi connectivity index (χ1) is 12.7. The average molecular weight is 404 g/mol. The van der Waals surface area contributed by atoms with Gasteiger partial charge in [-0.25, -0.2) is 0 Å². The SMILES string of the molecule is Cc1ccc(/C(C#N)=C/c2ccc(OCc3ccccc3)c(Br)c2)cc1. The van der Waals surface area contributed by atoms with E-state index in [1.165, 1.54) is 5.56 Å². The summed E-state index contributed by atoms with van der Waals surface area (Å²) in [6, 6.07) is 26.1. The van der Waals surface area contributed by atoms with Crippen molar-refractivity contribution in [2.75, 3.05) is 0 Å². The van der Waals surface area contributed by atoms with Crippen LogP contribution in [0.25, 0.3) is 11.6 Å². The maximum absolute atomic E-state index is 9.49. The predicted octanol–water partition coefficient (Wildman–Crippen LogP) is 6.40. The minimum atomic E-state index is 0.515. The van der Waals surface area contributed by atoms with Gasteiger partial charge < -0.3 is 4.74 Å². The lowest BCUT2D eigenvalue weighted by Crippen LogP contribution is -1.95. The number of nitriles is 1. The van der Waals surface area contributed by atoms with Gasteiger partial charge in [0.15, 0.2) is 0 Å². The Morgan fingerprint density at radius 2 is 1.77 bits per heavy atom. The van der Waals surface area contributed by atoms with Crippen LogP contribution in [0, 0.1) is 18.3 Å². The van der Waals surface area contributed by atoms with Gasteiger partial charge in [0.25, 0.3) is 0 Å². The molecule has 3 aromatic carbocycles. The van der Waals surface area contributed by atoms with Gasteiger partial charge in [-0.15, -0.1) is 0 Å². The Hall–Kier alpha value is -2.83. The lowest BCUT2D eigenvalue weighted by Gasteiger charge is -2.09. The molecule has 3 rings (SSSR count). The molecule has 26 heavy (non-hydrogen) atoms. The van der Waals surface area contributed by atoms with Crippen LogP contribution < -0.4 is 4.74 Å². The average Bonchev–Trinajstić information content (AvgIpc) is 2.67. The summed E-state index contributed by atoms with van der Waals surface area (Å²) in [6.07, 6.45) is 1.89. The minimum Gasteiger partial charge on any atom is -0.488 e. The van der Waals surface area contributed by atoms with Gasteiger partial charge >= 0.3 is 0 Å². The fraction of sp³-hybridized carbons (Fsp3) is 0.0870. The molecule has 0 bridgehead atoms. The third-order valence-electron chi connectivity index (χ3n) is 3.99. The van der Waals surface area contributed by atoms with Crippen LogP contribution in [0.4, 0.5) is 0 Å². The van der Waals surface area contributed by atoms with Gasteiger partial charge in [-0.1, -0.05) is 66.2 Å². The van der Waals surface area contributed by atoms with Crippen molar-refractivity contribution in [2.45, 2.75) is 13.5 Å². The van der Waals surface area contributed by atoms with Crippen molar-refractivity contribution in [3.05, 3.63) is 99.5 Å². The second-order valence-corrected chi connectivity index (χ2v) is 6.85. The van der Waals surface area contributed by atoms with Gasteiger partial charge in [0, 0.05) is 0 Å². The number of benzene rings is 3. The highest BCUT2D eigenvalue weighted by Gasteiger charge is 2.05. The third-order valence-corrected chi connectivity index (χ3v) is 4.61. The van der Waals surface area contributed by atoms with E-state index < -0.39 is 0 Å². The van der Waals surface area contributed by atoms with E-state index in [2.05, 4.69) is 22.0 Å². The molecule has 0 radical (unpaired) electrons. The second-order valence-electron chi connectivity index (χ2n) is 6.00. The Morgan fingerprint density at radius 1 is 1.04 bits per heavy atom. The zero-order valence-corrected chi connectivity index (χ0v) is 16.0. The van der Waals surface area contributed by atoms with Crippen molar-refractivity contribution in [2.24, 2.45) is 0 Å². The fourth-order valence-electron chi connectivity index (χ4n) is 2.54. The van der Waals surface area contributed by atoms with Crippen molar-refractivity contribution in [1.82, 2.24) is 0 Å². The third kappa shape index (κ3) is 4.62. The van der Waals surface area contributed by atoms with Gasteiger partial charge in [0.2, 0.25) is 0 Å². The van der Waals surface area contributed by atoms with Gasteiger partial charge in [-0.05, 0) is 57.8 Å². The standard InChI is InChI=1S/C23H18BrNO/c1-17-7-10-20(11-8-17)21(15-25)13-19-9-12-23(22(24)14-19)26-16-18-5-3-2-4-6-18/h2-14H,16H2,1H3/b21-13+. The van der Waals surface area contributed by atoms with Crippen LogP contribution >= 0.6 is 15.9 Å². The Labute approximate surface area is 162 Å². The van der Waals surface area contributed by atoms with Crippen LogP contribution in [-0.4, -0.2) is 0 Å². The van der Waals surface area contributed by atoms with Crippen molar-refractivity contribution in [3.63, 3.8) is 0 Å². The summed E-state index contributed by atoms with van der Waals surface area (Å²) in [5.74, 6) is 0.778. The van der Waals surface area contributed by atoms with E-state index >= 15 is 0 Å². The van der Waals surface area contributed by atoms with Crippen molar-refractivity contribution in [3.8, 4) is 11.8 Å². The van der Waals surface area contributed by atoms with Crippen LogP contribution in [0.3, 0.4) is 0 Å². The Morgan fingerprint density at radius 3 is 2.42 bits per heavy atom. The zero-order valence-electron chi connectivity index (χ0n) is 14.4. The molecule has 0 aromatic heterocycles. The topological polar surface area (TPSA) is 33.0 Å². The molecular formula is C23H18BrNO. The number of aryl methyl sites for hydroxylation is 1. The van der Waals surface area contributed by atoms with Crippen LogP contribution in [0.5, 0.6) is 5.75 Å². The van der Waals surface area contributed by atoms with Gasteiger partial charge in [0.05, 0.1) is 16.1 Å². The predicted molar refractivity (Wildman–Crippen MR) is 110 cm³/mol. The molecular weight excluding hydrogens is 386 g/mol. The highest BCUT2D eigenvalue weighted by atomic mass is 79.9. The Bertz CT molecular complexity index is 954. The molecule has 0 unspecified atom stereocenters. The smallest absolute Gasteiger partial charge is 0.134 e. The molecule has 2 nitrogen and oxygen atoms in total. The number of allylic oxidation sites excluding steroid dienone is 1. The molecule has 0 heterocycles. The molecule has 3 aromatic rings. The Balaban J connectivity index is 1.78. The van der Waals surface area contributed by atoms with Crippen LogP contribution in [0.15, 0.2) is 77.3 Å². The number of hydrogen-bond donors (Lipinski definition) is 0. The van der Waals surface area contributed by atoms with E-state index in [4.69, 9.17) is 4.74 Å². The molecule has 0 aliphatic carbocycles. The highest BCUT2D eigenvalue weighted by molar-refractivity contribution is 9.10. The molecule has 0 N–H and O–H groups in total. The van der Waals surface area contributed by atoms with E-state index in [1.807, 2.05) is 85.8 Å². The number of rotatable bonds is 5. The summed E-state index contributed by atoms with van der Waals surface area (Å²) in [5.41, 5.74) is 4.79. The van der Waals surface area contributed by atoms with E-state index in [9.17, 15) is 5.26 Å². The maximum atomic E-state index is 9.49. The number of nitrogens with zero attached hydrogens (tertiary/aromatic N) is 1. The lowest BCUT2D eigenvalue weighted by atomic mass is 10.0. The first kappa shape index (κ1) is 18.0. The molecule has 3 heteroatoms. The van der Waals surface area contributed by atoms with E-state index in [0.717, 1.165) is 26.9 Å². The van der Waals surface area contributed by atoms with Crippen molar-refractivity contribution < 1.29 is 4.74 Å². The van der Waals surface area contributed by atoms with Gasteiger partial charge in [-0.3, -0.25) is 0 Å². The van der Waals surface area contributed by atoms with E-state index in [-0.39, 0.29) is 0 Å². The number of halogens is 1. The summed E-state index contributed by atoms with van der Waals surface area (Å²) < 4.78 is 6.74. The van der Waals surface area contributed by atoms with Gasteiger partial charge in [0.1, 0.15) is 12.4 Å². The quantitative estimate of drug-likeness (QED) is 0.364. The molecule has 0 fully saturated rings. The van der Waals surface area contributed by atoms with Crippen molar-refractivity contribution in [1.29, 1.82) is 5.26 Å². The molecule has 128 valence electrons. The van der Waals surface area contributed by atoms with Crippen LogP contribution in [0.2, 0.25) is 0 Å². The molecule has 0 saturated heterocycles. The lowest BCUT2D eigenvalue weighted by molar-refractivity contribution is 0.304. The molecule has 0 amide bonds. The molecule has 0 saturated carbocycles. The number of hydrogen-bond acceptors (Lipinski definition) is 2. The van der Waals surface area contributed by atoms with Crippen LogP contribution in [-0.2, 0) is 6.61 Å². The molecule has 0 aliphatic heterocycles. The first-order valence-electron chi connectivity index (χ1n) is 8.31. The number of ether oxygens (including phenoxy) is 1. The summed E-state index contributed by atoms with van der Waals surface area (Å²) >= 11 is 3.56. The van der Waals surface area contributed by atoms with E-state index in [1.54, 1.807) is 0 Å². The van der Waals surface area contributed by atoms with Crippen LogP contribution in [0.1, 0.15) is 22.3 Å². The summed E-state index contributed by atoms with van der Waals surface area (Å²) in [5, 5.41) is 9.49. The molecule has 0 aliphatic rings. The fourth-order valence-corrected chi connectivity index (χ4v) is 3.05. The highest BCUT2D eigenvalue weighted by Crippen LogP contribution is 2.28. The van der Waals surface area contributed by atoms with Crippen molar-refractivity contribution >= 4 is 27.6 Å². The normalized spacial score (nSPS) is 11.0. The summed E-state index contributed by atoms with van der Waals surface area (Å²) in [6.45, 7) is 2.55. The van der Waals surface area contributed by atoms with Gasteiger partial charge in [-0.2, -0.15) is 5.26 Å². The maximum Gasteiger partial charge on any atom is 0.134 e. The second kappa shape index (κ2) is 8.51. The summed E-state index contributed by atoms with van der Waals surface area (Å²) in [7, 11) is 0. The minimum absolute atomic E-state index is 0.515. The molecule has 0 atom stereocenters. The monoisotopic (exact) mass is 403 g/mol. The largest absolute Gasteiger partial charge is 0.488 e. The first-order valence-corrected chi connectivity index (χ1v) is 9.10. The Kier molecular flexibility index (Phi) is 5.88. The molecule has 0 spiro atoms.